The molecule has 2 aromatic rings. The summed E-state index contributed by atoms with van der Waals surface area (Å²) in [6, 6.07) is 16.5. The van der Waals surface area contributed by atoms with Crippen LogP contribution in [-0.4, -0.2) is 13.2 Å². The van der Waals surface area contributed by atoms with Crippen molar-refractivity contribution in [3.05, 3.63) is 48.5 Å². The molecule has 0 amide bonds. The smallest absolute Gasteiger partial charge is 0.119 e. The van der Waals surface area contributed by atoms with Gasteiger partial charge in [0.05, 0.1) is 13.2 Å². The predicted molar refractivity (Wildman–Crippen MR) is 88.1 cm³/mol. The molecular weight excluding hydrogens is 260 g/mol. The predicted octanol–water partition coefficient (Wildman–Crippen LogP) is 5.32. The second kappa shape index (κ2) is 8.35. The Morgan fingerprint density at radius 3 is 1.52 bits per heavy atom. The lowest BCUT2D eigenvalue weighted by Gasteiger charge is -2.08. The van der Waals surface area contributed by atoms with E-state index in [0.717, 1.165) is 44.0 Å². The van der Waals surface area contributed by atoms with Gasteiger partial charge in [-0.2, -0.15) is 0 Å². The maximum Gasteiger partial charge on any atom is 0.119 e. The van der Waals surface area contributed by atoms with Crippen LogP contribution in [0, 0.1) is 0 Å². The molecule has 0 atom stereocenters. The first kappa shape index (κ1) is 15.4. The topological polar surface area (TPSA) is 18.5 Å². The standard InChI is InChI=1S/C19H24O2/c1-3-5-15-21-19-12-8-17(9-13-19)16-6-10-18(11-7-16)20-14-4-2/h6-13H,3-5,14-15H2,1-2H3. The Balaban J connectivity index is 1.97. The van der Waals surface area contributed by atoms with Crippen LogP contribution in [-0.2, 0) is 0 Å². The van der Waals surface area contributed by atoms with Crippen LogP contribution in [0.3, 0.4) is 0 Å². The van der Waals surface area contributed by atoms with Crippen molar-refractivity contribution in [1.82, 2.24) is 0 Å². The Labute approximate surface area is 127 Å². The Kier molecular flexibility index (Phi) is 6.14. The molecule has 2 heteroatoms. The van der Waals surface area contributed by atoms with Crippen molar-refractivity contribution >= 4 is 0 Å². The van der Waals surface area contributed by atoms with E-state index in [1.807, 2.05) is 24.3 Å². The number of rotatable bonds is 8. The van der Waals surface area contributed by atoms with E-state index >= 15 is 0 Å². The van der Waals surface area contributed by atoms with Gasteiger partial charge in [0.2, 0.25) is 0 Å². The van der Waals surface area contributed by atoms with Crippen molar-refractivity contribution in [2.75, 3.05) is 13.2 Å². The van der Waals surface area contributed by atoms with Gasteiger partial charge >= 0.3 is 0 Å². The van der Waals surface area contributed by atoms with E-state index in [2.05, 4.69) is 38.1 Å². The van der Waals surface area contributed by atoms with Crippen LogP contribution in [0.15, 0.2) is 48.5 Å². The van der Waals surface area contributed by atoms with Crippen molar-refractivity contribution in [3.8, 4) is 22.6 Å². The van der Waals surface area contributed by atoms with Gasteiger partial charge < -0.3 is 9.47 Å². The zero-order valence-electron chi connectivity index (χ0n) is 13.0. The van der Waals surface area contributed by atoms with E-state index in [9.17, 15) is 0 Å². The minimum absolute atomic E-state index is 0.767. The van der Waals surface area contributed by atoms with Crippen LogP contribution in [0.1, 0.15) is 33.1 Å². The Hall–Kier alpha value is -1.96. The zero-order valence-corrected chi connectivity index (χ0v) is 13.0. The molecule has 0 aromatic heterocycles. The second-order valence-corrected chi connectivity index (χ2v) is 5.10. The van der Waals surface area contributed by atoms with Gasteiger partial charge in [-0.15, -0.1) is 0 Å². The normalized spacial score (nSPS) is 10.4. The quantitative estimate of drug-likeness (QED) is 0.611. The molecule has 0 unspecified atom stereocenters. The van der Waals surface area contributed by atoms with Gasteiger partial charge in [0.15, 0.2) is 0 Å². The molecular formula is C19H24O2. The van der Waals surface area contributed by atoms with E-state index in [1.54, 1.807) is 0 Å². The molecule has 0 aliphatic heterocycles. The summed E-state index contributed by atoms with van der Waals surface area (Å²) in [7, 11) is 0. The highest BCUT2D eigenvalue weighted by molar-refractivity contribution is 5.64. The molecule has 2 nitrogen and oxygen atoms in total. The monoisotopic (exact) mass is 284 g/mol. The van der Waals surface area contributed by atoms with Crippen molar-refractivity contribution in [3.63, 3.8) is 0 Å². The summed E-state index contributed by atoms with van der Waals surface area (Å²) in [6.07, 6.45) is 3.28. The SMILES string of the molecule is CCCCOc1ccc(-c2ccc(OCCC)cc2)cc1. The Morgan fingerprint density at radius 1 is 0.619 bits per heavy atom. The molecule has 0 aliphatic rings. The summed E-state index contributed by atoms with van der Waals surface area (Å²) in [6.45, 7) is 5.83. The number of hydrogen-bond donors (Lipinski definition) is 0. The van der Waals surface area contributed by atoms with Crippen LogP contribution in [0.25, 0.3) is 11.1 Å². The van der Waals surface area contributed by atoms with Gasteiger partial charge in [0, 0.05) is 0 Å². The minimum Gasteiger partial charge on any atom is -0.494 e. The molecule has 0 N–H and O–H groups in total. The highest BCUT2D eigenvalue weighted by Gasteiger charge is 2.00. The van der Waals surface area contributed by atoms with Crippen LogP contribution < -0.4 is 9.47 Å². The van der Waals surface area contributed by atoms with Crippen LogP contribution in [0.2, 0.25) is 0 Å². The zero-order chi connectivity index (χ0) is 14.9. The Bertz CT molecular complexity index is 514. The molecule has 21 heavy (non-hydrogen) atoms. The number of unbranched alkanes of at least 4 members (excludes halogenated alkanes) is 1. The lowest BCUT2D eigenvalue weighted by Crippen LogP contribution is -1.96. The third-order valence-electron chi connectivity index (χ3n) is 3.28. The summed E-state index contributed by atoms with van der Waals surface area (Å²) in [5, 5.41) is 0. The molecule has 0 saturated carbocycles. The van der Waals surface area contributed by atoms with Crippen LogP contribution in [0.5, 0.6) is 11.5 Å². The van der Waals surface area contributed by atoms with E-state index in [-0.39, 0.29) is 0 Å². The highest BCUT2D eigenvalue weighted by Crippen LogP contribution is 2.24. The molecule has 112 valence electrons. The van der Waals surface area contributed by atoms with Gasteiger partial charge in [0.1, 0.15) is 11.5 Å². The summed E-state index contributed by atoms with van der Waals surface area (Å²) in [5.74, 6) is 1.87. The van der Waals surface area contributed by atoms with Crippen molar-refractivity contribution < 1.29 is 9.47 Å². The fourth-order valence-corrected chi connectivity index (χ4v) is 2.04. The summed E-state index contributed by atoms with van der Waals surface area (Å²) < 4.78 is 11.3. The van der Waals surface area contributed by atoms with Gasteiger partial charge in [-0.3, -0.25) is 0 Å². The van der Waals surface area contributed by atoms with Crippen molar-refractivity contribution in [2.45, 2.75) is 33.1 Å². The first-order valence-electron chi connectivity index (χ1n) is 7.79. The van der Waals surface area contributed by atoms with Crippen LogP contribution in [0.4, 0.5) is 0 Å². The Morgan fingerprint density at radius 2 is 1.10 bits per heavy atom. The van der Waals surface area contributed by atoms with Crippen LogP contribution >= 0.6 is 0 Å². The number of benzene rings is 2. The molecule has 0 bridgehead atoms. The fourth-order valence-electron chi connectivity index (χ4n) is 2.04. The fraction of sp³-hybridized carbons (Fsp3) is 0.368. The second-order valence-electron chi connectivity index (χ2n) is 5.10. The highest BCUT2D eigenvalue weighted by atomic mass is 16.5. The molecule has 0 aliphatic carbocycles. The van der Waals surface area contributed by atoms with Gasteiger partial charge in [-0.05, 0) is 48.2 Å². The maximum atomic E-state index is 5.68. The first-order valence-corrected chi connectivity index (χ1v) is 7.79. The van der Waals surface area contributed by atoms with E-state index < -0.39 is 0 Å². The molecule has 0 spiro atoms. The van der Waals surface area contributed by atoms with E-state index in [0.29, 0.717) is 0 Å². The molecule has 2 aromatic carbocycles. The first-order chi connectivity index (χ1) is 10.3. The van der Waals surface area contributed by atoms with E-state index in [1.165, 1.54) is 11.1 Å². The number of hydrogen-bond acceptors (Lipinski definition) is 2. The van der Waals surface area contributed by atoms with E-state index in [4.69, 9.17) is 9.47 Å². The molecule has 0 fully saturated rings. The van der Waals surface area contributed by atoms with Gasteiger partial charge in [0.25, 0.3) is 0 Å². The lowest BCUT2D eigenvalue weighted by molar-refractivity contribution is 0.309. The lowest BCUT2D eigenvalue weighted by atomic mass is 10.1. The minimum atomic E-state index is 0.767. The summed E-state index contributed by atoms with van der Waals surface area (Å²) >= 11 is 0. The van der Waals surface area contributed by atoms with Crippen molar-refractivity contribution in [2.24, 2.45) is 0 Å². The maximum absolute atomic E-state index is 5.68. The molecule has 0 saturated heterocycles. The number of ether oxygens (including phenoxy) is 2. The third-order valence-corrected chi connectivity index (χ3v) is 3.28. The van der Waals surface area contributed by atoms with Gasteiger partial charge in [-0.25, -0.2) is 0 Å². The molecule has 2 rings (SSSR count). The summed E-state index contributed by atoms with van der Waals surface area (Å²) in [5.41, 5.74) is 2.39. The average Bonchev–Trinajstić information content (AvgIpc) is 2.54. The largest absolute Gasteiger partial charge is 0.494 e. The summed E-state index contributed by atoms with van der Waals surface area (Å²) in [4.78, 5) is 0. The van der Waals surface area contributed by atoms with Crippen molar-refractivity contribution in [1.29, 1.82) is 0 Å². The molecule has 0 radical (unpaired) electrons. The molecule has 0 heterocycles. The third kappa shape index (κ3) is 4.82. The van der Waals surface area contributed by atoms with Gasteiger partial charge in [-0.1, -0.05) is 44.5 Å². The average molecular weight is 284 g/mol.